The summed E-state index contributed by atoms with van der Waals surface area (Å²) in [5.74, 6) is 0.825. The van der Waals surface area contributed by atoms with Gasteiger partial charge in [0.15, 0.2) is 0 Å². The van der Waals surface area contributed by atoms with Crippen molar-refractivity contribution >= 4 is 17.3 Å². The van der Waals surface area contributed by atoms with Crippen LogP contribution in [0.25, 0.3) is 5.65 Å². The van der Waals surface area contributed by atoms with Gasteiger partial charge in [0.05, 0.1) is 12.2 Å². The number of hydrogen-bond donors (Lipinski definition) is 1. The van der Waals surface area contributed by atoms with E-state index < -0.39 is 0 Å². The first-order valence-electron chi connectivity index (χ1n) is 7.67. The lowest BCUT2D eigenvalue weighted by molar-refractivity contribution is -0.389. The van der Waals surface area contributed by atoms with Gasteiger partial charge in [-0.1, -0.05) is 36.4 Å². The SMILES string of the molecule is O=[N+]([O-])c1c(NC(c2ccccc2)C2CC2)nc2ccccn12. The molecule has 0 amide bonds. The maximum absolute atomic E-state index is 11.5. The lowest BCUT2D eigenvalue weighted by Crippen LogP contribution is -2.14. The molecule has 2 aromatic heterocycles. The van der Waals surface area contributed by atoms with E-state index in [-0.39, 0.29) is 16.8 Å². The second-order valence-corrected chi connectivity index (χ2v) is 5.84. The second-order valence-electron chi connectivity index (χ2n) is 5.84. The minimum atomic E-state index is -0.378. The number of nitrogens with one attached hydrogen (secondary N) is 1. The van der Waals surface area contributed by atoms with Crippen molar-refractivity contribution in [3.8, 4) is 0 Å². The number of nitrogens with zero attached hydrogens (tertiary/aromatic N) is 3. The Labute approximate surface area is 132 Å². The molecule has 116 valence electrons. The van der Waals surface area contributed by atoms with E-state index in [2.05, 4.69) is 22.4 Å². The van der Waals surface area contributed by atoms with Crippen LogP contribution in [-0.2, 0) is 0 Å². The summed E-state index contributed by atoms with van der Waals surface area (Å²) in [4.78, 5) is 15.5. The number of anilines is 1. The van der Waals surface area contributed by atoms with Crippen LogP contribution in [-0.4, -0.2) is 14.3 Å². The molecule has 1 aliphatic carbocycles. The summed E-state index contributed by atoms with van der Waals surface area (Å²) >= 11 is 0. The highest BCUT2D eigenvalue weighted by Crippen LogP contribution is 2.43. The van der Waals surface area contributed by atoms with E-state index in [9.17, 15) is 10.1 Å². The van der Waals surface area contributed by atoms with Gasteiger partial charge >= 0.3 is 5.82 Å². The minimum Gasteiger partial charge on any atom is -0.358 e. The predicted octanol–water partition coefficient (Wildman–Crippen LogP) is 3.81. The third-order valence-corrected chi connectivity index (χ3v) is 4.22. The molecular weight excluding hydrogens is 292 g/mol. The van der Waals surface area contributed by atoms with Gasteiger partial charge in [-0.05, 0) is 35.3 Å². The Morgan fingerprint density at radius 1 is 1.17 bits per heavy atom. The zero-order valence-corrected chi connectivity index (χ0v) is 12.4. The molecule has 1 atom stereocenters. The molecule has 1 N–H and O–H groups in total. The smallest absolute Gasteiger partial charge is 0.358 e. The van der Waals surface area contributed by atoms with E-state index in [4.69, 9.17) is 0 Å². The first-order valence-corrected chi connectivity index (χ1v) is 7.67. The molecule has 0 aliphatic heterocycles. The van der Waals surface area contributed by atoms with E-state index in [0.717, 1.165) is 18.4 Å². The van der Waals surface area contributed by atoms with E-state index in [1.54, 1.807) is 18.3 Å². The summed E-state index contributed by atoms with van der Waals surface area (Å²) in [6.07, 6.45) is 3.93. The van der Waals surface area contributed by atoms with Gasteiger partial charge < -0.3 is 15.4 Å². The number of imidazole rings is 1. The first kappa shape index (κ1) is 13.8. The van der Waals surface area contributed by atoms with Crippen LogP contribution < -0.4 is 5.32 Å². The molecule has 1 aliphatic rings. The van der Waals surface area contributed by atoms with Gasteiger partial charge in [-0.25, -0.2) is 0 Å². The molecular formula is C17H16N4O2. The quantitative estimate of drug-likeness (QED) is 0.574. The molecule has 4 rings (SSSR count). The van der Waals surface area contributed by atoms with Crippen LogP contribution in [0.15, 0.2) is 54.7 Å². The molecule has 1 saturated carbocycles. The van der Waals surface area contributed by atoms with Crippen LogP contribution in [0.1, 0.15) is 24.4 Å². The highest BCUT2D eigenvalue weighted by atomic mass is 16.6. The zero-order valence-electron chi connectivity index (χ0n) is 12.4. The predicted molar refractivity (Wildman–Crippen MR) is 87.4 cm³/mol. The van der Waals surface area contributed by atoms with E-state index in [1.165, 1.54) is 4.40 Å². The minimum absolute atomic E-state index is 0.0119. The second kappa shape index (κ2) is 5.39. The van der Waals surface area contributed by atoms with Gasteiger partial charge in [0.1, 0.15) is 0 Å². The highest BCUT2D eigenvalue weighted by Gasteiger charge is 2.35. The molecule has 2 heterocycles. The van der Waals surface area contributed by atoms with Crippen molar-refractivity contribution in [2.45, 2.75) is 18.9 Å². The monoisotopic (exact) mass is 308 g/mol. The third kappa shape index (κ3) is 2.52. The van der Waals surface area contributed by atoms with E-state index in [1.807, 2.05) is 24.3 Å². The van der Waals surface area contributed by atoms with Crippen molar-refractivity contribution in [3.05, 3.63) is 70.4 Å². The molecule has 1 unspecified atom stereocenters. The van der Waals surface area contributed by atoms with Crippen LogP contribution in [0, 0.1) is 16.0 Å². The topological polar surface area (TPSA) is 72.5 Å². The third-order valence-electron chi connectivity index (χ3n) is 4.22. The van der Waals surface area contributed by atoms with Gasteiger partial charge in [-0.15, -0.1) is 0 Å². The molecule has 0 bridgehead atoms. The van der Waals surface area contributed by atoms with Crippen molar-refractivity contribution in [1.29, 1.82) is 0 Å². The molecule has 1 fully saturated rings. The van der Waals surface area contributed by atoms with Crippen molar-refractivity contribution < 1.29 is 4.92 Å². The van der Waals surface area contributed by atoms with Gasteiger partial charge in [0.25, 0.3) is 0 Å². The summed E-state index contributed by atoms with van der Waals surface area (Å²) in [7, 11) is 0. The van der Waals surface area contributed by atoms with Gasteiger partial charge in [0.2, 0.25) is 11.5 Å². The fourth-order valence-electron chi connectivity index (χ4n) is 2.96. The van der Waals surface area contributed by atoms with E-state index >= 15 is 0 Å². The summed E-state index contributed by atoms with van der Waals surface area (Å²) < 4.78 is 1.51. The average Bonchev–Trinajstić information content (AvgIpc) is 3.33. The summed E-state index contributed by atoms with van der Waals surface area (Å²) in [6, 6.07) is 15.5. The molecule has 1 aromatic carbocycles. The number of benzene rings is 1. The molecule has 0 spiro atoms. The van der Waals surface area contributed by atoms with Gasteiger partial charge in [0, 0.05) is 6.07 Å². The molecule has 3 aromatic rings. The molecule has 23 heavy (non-hydrogen) atoms. The molecule has 0 saturated heterocycles. The fraction of sp³-hybridized carbons (Fsp3) is 0.235. The van der Waals surface area contributed by atoms with Gasteiger partial charge in [-0.2, -0.15) is 9.38 Å². The fourth-order valence-corrected chi connectivity index (χ4v) is 2.96. The van der Waals surface area contributed by atoms with Crippen LogP contribution in [0.3, 0.4) is 0 Å². The molecule has 6 heteroatoms. The van der Waals surface area contributed by atoms with Crippen molar-refractivity contribution in [3.63, 3.8) is 0 Å². The summed E-state index contributed by atoms with van der Waals surface area (Å²) in [5, 5.41) is 14.8. The maximum atomic E-state index is 11.5. The zero-order chi connectivity index (χ0) is 15.8. The normalized spacial score (nSPS) is 15.5. The Morgan fingerprint density at radius 2 is 1.91 bits per heavy atom. The molecule has 0 radical (unpaired) electrons. The standard InChI is InChI=1S/C17H16N4O2/c22-21(23)17-16(18-14-8-4-5-11-20(14)17)19-15(13-9-10-13)12-6-2-1-3-7-12/h1-8,11,13,15,19H,9-10H2. The van der Waals surface area contributed by atoms with Crippen LogP contribution in [0.4, 0.5) is 11.6 Å². The largest absolute Gasteiger partial charge is 0.372 e. The Morgan fingerprint density at radius 3 is 2.61 bits per heavy atom. The van der Waals surface area contributed by atoms with E-state index in [0.29, 0.717) is 17.4 Å². The number of rotatable bonds is 5. The van der Waals surface area contributed by atoms with Crippen molar-refractivity contribution in [2.75, 3.05) is 5.32 Å². The average molecular weight is 308 g/mol. The highest BCUT2D eigenvalue weighted by molar-refractivity contribution is 5.63. The number of aromatic nitrogens is 2. The maximum Gasteiger partial charge on any atom is 0.372 e. The number of pyridine rings is 1. The lowest BCUT2D eigenvalue weighted by Gasteiger charge is -2.18. The molecule has 6 nitrogen and oxygen atoms in total. The Hall–Kier alpha value is -2.89. The number of fused-ring (bicyclic) bond motifs is 1. The van der Waals surface area contributed by atoms with Crippen LogP contribution in [0.5, 0.6) is 0 Å². The Bertz CT molecular complexity index is 855. The summed E-state index contributed by atoms with van der Waals surface area (Å²) in [6.45, 7) is 0. The summed E-state index contributed by atoms with van der Waals surface area (Å²) in [5.41, 5.74) is 1.71. The number of nitro groups is 1. The van der Waals surface area contributed by atoms with Crippen LogP contribution >= 0.6 is 0 Å². The van der Waals surface area contributed by atoms with Crippen LogP contribution in [0.2, 0.25) is 0 Å². The Balaban J connectivity index is 1.76. The van der Waals surface area contributed by atoms with Crippen molar-refractivity contribution in [1.82, 2.24) is 9.38 Å². The lowest BCUT2D eigenvalue weighted by atomic mass is 10.0. The Kier molecular flexibility index (Phi) is 3.22. The van der Waals surface area contributed by atoms with Crippen molar-refractivity contribution in [2.24, 2.45) is 5.92 Å². The van der Waals surface area contributed by atoms with Gasteiger partial charge in [-0.3, -0.25) is 0 Å². The number of hydrogen-bond acceptors (Lipinski definition) is 4. The first-order chi connectivity index (χ1) is 11.2.